The molecule has 2 heterocycles. The van der Waals surface area contributed by atoms with E-state index in [1.807, 2.05) is 29.6 Å². The second-order valence-corrected chi connectivity index (χ2v) is 7.10. The molecule has 126 valence electrons. The van der Waals surface area contributed by atoms with Crippen molar-refractivity contribution in [1.82, 2.24) is 9.88 Å². The lowest BCUT2D eigenvalue weighted by atomic mass is 10.2. The van der Waals surface area contributed by atoms with E-state index in [1.165, 1.54) is 11.3 Å². The maximum Gasteiger partial charge on any atom is 0.228 e. The summed E-state index contributed by atoms with van der Waals surface area (Å²) in [5, 5.41) is 3.21. The summed E-state index contributed by atoms with van der Waals surface area (Å²) in [5.41, 5.74) is 1.69. The summed E-state index contributed by atoms with van der Waals surface area (Å²) >= 11 is 7.39. The van der Waals surface area contributed by atoms with Gasteiger partial charge in [0.25, 0.3) is 0 Å². The summed E-state index contributed by atoms with van der Waals surface area (Å²) in [6.45, 7) is 1.22. The van der Waals surface area contributed by atoms with Gasteiger partial charge in [0, 0.05) is 37.0 Å². The first-order valence-electron chi connectivity index (χ1n) is 7.76. The van der Waals surface area contributed by atoms with Crippen molar-refractivity contribution in [1.29, 1.82) is 0 Å². The van der Waals surface area contributed by atoms with Crippen molar-refractivity contribution < 1.29 is 9.59 Å². The number of likely N-dealkylation sites (N-methyl/N-ethyl adjacent to an activating group) is 1. The number of carbonyl (C=O) groups is 2. The molecule has 2 aromatic rings. The summed E-state index contributed by atoms with van der Waals surface area (Å²) in [5.74, 6) is 0.0971. The van der Waals surface area contributed by atoms with Crippen LogP contribution in [-0.4, -0.2) is 35.3 Å². The van der Waals surface area contributed by atoms with Gasteiger partial charge in [0.15, 0.2) is 5.13 Å². The number of rotatable bonds is 5. The molecule has 1 aliphatic rings. The van der Waals surface area contributed by atoms with Crippen LogP contribution in [0.25, 0.3) is 0 Å². The molecule has 0 spiro atoms. The number of carbonyl (C=O) groups excluding carboxylic acids is 2. The fourth-order valence-electron chi connectivity index (χ4n) is 2.64. The van der Waals surface area contributed by atoms with Gasteiger partial charge in [0.2, 0.25) is 11.8 Å². The molecule has 1 fully saturated rings. The van der Waals surface area contributed by atoms with Crippen LogP contribution in [0.3, 0.4) is 0 Å². The number of nitrogens with zero attached hydrogens (tertiary/aromatic N) is 3. The van der Waals surface area contributed by atoms with E-state index in [0.29, 0.717) is 35.4 Å². The van der Waals surface area contributed by atoms with Crippen molar-refractivity contribution in [2.45, 2.75) is 25.8 Å². The average Bonchev–Trinajstić information content (AvgIpc) is 3.16. The van der Waals surface area contributed by atoms with E-state index in [4.69, 9.17) is 11.6 Å². The summed E-state index contributed by atoms with van der Waals surface area (Å²) in [6, 6.07) is 7.47. The van der Waals surface area contributed by atoms with E-state index in [1.54, 1.807) is 16.8 Å². The van der Waals surface area contributed by atoms with E-state index in [2.05, 4.69) is 4.98 Å². The van der Waals surface area contributed by atoms with Crippen LogP contribution in [0.15, 0.2) is 29.6 Å². The zero-order chi connectivity index (χ0) is 17.1. The standard InChI is InChI=1S/C17H18ClN3O2S/c1-20(10-12-4-2-5-13(18)8-12)16(23)9-14-11-24-17(19-14)21-7-3-6-15(21)22/h2,4-5,8,11H,3,6-7,9-10H2,1H3. The Bertz CT molecular complexity index is 762. The molecule has 5 nitrogen and oxygen atoms in total. The van der Waals surface area contributed by atoms with Crippen LogP contribution in [0.1, 0.15) is 24.1 Å². The van der Waals surface area contributed by atoms with Gasteiger partial charge in [-0.05, 0) is 24.1 Å². The third kappa shape index (κ3) is 3.94. The molecular formula is C17H18ClN3O2S. The second kappa shape index (κ2) is 7.32. The van der Waals surface area contributed by atoms with Crippen molar-refractivity contribution >= 4 is 39.9 Å². The number of benzene rings is 1. The average molecular weight is 364 g/mol. The van der Waals surface area contributed by atoms with Gasteiger partial charge in [0.05, 0.1) is 12.1 Å². The van der Waals surface area contributed by atoms with E-state index in [-0.39, 0.29) is 18.2 Å². The number of thiazole rings is 1. The first-order valence-corrected chi connectivity index (χ1v) is 9.02. The predicted octanol–water partition coefficient (Wildman–Crippen LogP) is 3.12. The molecule has 1 aromatic heterocycles. The summed E-state index contributed by atoms with van der Waals surface area (Å²) in [7, 11) is 1.76. The van der Waals surface area contributed by atoms with Gasteiger partial charge in [-0.3, -0.25) is 14.5 Å². The smallest absolute Gasteiger partial charge is 0.228 e. The van der Waals surface area contributed by atoms with E-state index in [0.717, 1.165) is 12.0 Å². The Labute approximate surface area is 149 Å². The van der Waals surface area contributed by atoms with Crippen molar-refractivity contribution in [3.05, 3.63) is 45.9 Å². The fourth-order valence-corrected chi connectivity index (χ4v) is 3.72. The van der Waals surface area contributed by atoms with Crippen LogP contribution >= 0.6 is 22.9 Å². The zero-order valence-corrected chi connectivity index (χ0v) is 14.9. The molecule has 1 aliphatic heterocycles. The fraction of sp³-hybridized carbons (Fsp3) is 0.353. The maximum atomic E-state index is 12.4. The molecule has 0 radical (unpaired) electrons. The van der Waals surface area contributed by atoms with Gasteiger partial charge >= 0.3 is 0 Å². The summed E-state index contributed by atoms with van der Waals surface area (Å²) < 4.78 is 0. The molecule has 0 saturated carbocycles. The largest absolute Gasteiger partial charge is 0.341 e. The monoisotopic (exact) mass is 363 g/mol. The van der Waals surface area contributed by atoms with Gasteiger partial charge in [-0.25, -0.2) is 4.98 Å². The molecule has 0 unspecified atom stereocenters. The van der Waals surface area contributed by atoms with Crippen molar-refractivity contribution in [2.75, 3.05) is 18.5 Å². The highest BCUT2D eigenvalue weighted by atomic mass is 35.5. The minimum absolute atomic E-state index is 0.0143. The summed E-state index contributed by atoms with van der Waals surface area (Å²) in [6.07, 6.45) is 1.68. The molecule has 7 heteroatoms. The third-order valence-corrected chi connectivity index (χ3v) is 5.06. The van der Waals surface area contributed by atoms with Crippen molar-refractivity contribution in [3.8, 4) is 0 Å². The normalized spacial score (nSPS) is 14.2. The van der Waals surface area contributed by atoms with Gasteiger partial charge in [-0.1, -0.05) is 23.7 Å². The number of amides is 2. The zero-order valence-electron chi connectivity index (χ0n) is 13.4. The Kier molecular flexibility index (Phi) is 5.16. The van der Waals surface area contributed by atoms with Crippen LogP contribution in [0.5, 0.6) is 0 Å². The van der Waals surface area contributed by atoms with Crippen LogP contribution in [0.2, 0.25) is 5.02 Å². The molecule has 1 aromatic carbocycles. The van der Waals surface area contributed by atoms with Gasteiger partial charge < -0.3 is 4.90 Å². The lowest BCUT2D eigenvalue weighted by molar-refractivity contribution is -0.129. The Hall–Kier alpha value is -1.92. The Balaban J connectivity index is 1.60. The molecule has 0 N–H and O–H groups in total. The topological polar surface area (TPSA) is 53.5 Å². The molecule has 0 atom stereocenters. The molecule has 2 amide bonds. The maximum absolute atomic E-state index is 12.4. The van der Waals surface area contributed by atoms with Crippen LogP contribution in [0, 0.1) is 0 Å². The molecule has 3 rings (SSSR count). The SMILES string of the molecule is CN(Cc1cccc(Cl)c1)C(=O)Cc1csc(N2CCCC2=O)n1. The first kappa shape index (κ1) is 16.9. The lowest BCUT2D eigenvalue weighted by Gasteiger charge is -2.17. The van der Waals surface area contributed by atoms with Gasteiger partial charge in [0.1, 0.15) is 0 Å². The van der Waals surface area contributed by atoms with Crippen LogP contribution in [0.4, 0.5) is 5.13 Å². The second-order valence-electron chi connectivity index (χ2n) is 5.83. The summed E-state index contributed by atoms with van der Waals surface area (Å²) in [4.78, 5) is 31.9. The molecule has 0 bridgehead atoms. The molecular weight excluding hydrogens is 346 g/mol. The Morgan fingerprint density at radius 3 is 3.00 bits per heavy atom. The number of anilines is 1. The minimum Gasteiger partial charge on any atom is -0.341 e. The number of hydrogen-bond donors (Lipinski definition) is 0. The number of aromatic nitrogens is 1. The lowest BCUT2D eigenvalue weighted by Crippen LogP contribution is -2.28. The van der Waals surface area contributed by atoms with Crippen LogP contribution < -0.4 is 4.90 Å². The van der Waals surface area contributed by atoms with Gasteiger partial charge in [-0.15, -0.1) is 11.3 Å². The van der Waals surface area contributed by atoms with Gasteiger partial charge in [-0.2, -0.15) is 0 Å². The Morgan fingerprint density at radius 2 is 2.29 bits per heavy atom. The highest BCUT2D eigenvalue weighted by Crippen LogP contribution is 2.25. The van der Waals surface area contributed by atoms with Crippen LogP contribution in [-0.2, 0) is 22.6 Å². The molecule has 0 aliphatic carbocycles. The third-order valence-electron chi connectivity index (χ3n) is 3.91. The first-order chi connectivity index (χ1) is 11.5. The molecule has 24 heavy (non-hydrogen) atoms. The highest BCUT2D eigenvalue weighted by molar-refractivity contribution is 7.14. The van der Waals surface area contributed by atoms with Crippen molar-refractivity contribution in [2.24, 2.45) is 0 Å². The number of halogens is 1. The molecule has 1 saturated heterocycles. The minimum atomic E-state index is -0.0143. The highest BCUT2D eigenvalue weighted by Gasteiger charge is 2.24. The quantitative estimate of drug-likeness (QED) is 0.820. The van der Waals surface area contributed by atoms with Crippen molar-refractivity contribution in [3.63, 3.8) is 0 Å². The Morgan fingerprint density at radius 1 is 1.46 bits per heavy atom. The van der Waals surface area contributed by atoms with E-state index < -0.39 is 0 Å². The number of hydrogen-bond acceptors (Lipinski definition) is 4. The van der Waals surface area contributed by atoms with E-state index in [9.17, 15) is 9.59 Å². The van der Waals surface area contributed by atoms with E-state index >= 15 is 0 Å². The predicted molar refractivity (Wildman–Crippen MR) is 95.3 cm³/mol.